The van der Waals surface area contributed by atoms with Crippen molar-refractivity contribution in [2.75, 3.05) is 26.2 Å². The van der Waals surface area contributed by atoms with Crippen LogP contribution >= 0.6 is 0 Å². The fourth-order valence-electron chi connectivity index (χ4n) is 2.17. The molecule has 1 heterocycles. The first-order valence-electron chi connectivity index (χ1n) is 6.94. The normalized spacial score (nSPS) is 15.9. The summed E-state index contributed by atoms with van der Waals surface area (Å²) in [6.07, 6.45) is 10.3. The van der Waals surface area contributed by atoms with Gasteiger partial charge in [-0.15, -0.1) is 6.58 Å². The SMILES string of the molecule is C=CCCCCCNCC(=O)N1CCCCC1. The molecule has 0 unspecified atom stereocenters. The highest BCUT2D eigenvalue weighted by Gasteiger charge is 2.15. The lowest BCUT2D eigenvalue weighted by molar-refractivity contribution is -0.131. The maximum Gasteiger partial charge on any atom is 0.236 e. The van der Waals surface area contributed by atoms with Crippen molar-refractivity contribution >= 4 is 5.91 Å². The van der Waals surface area contributed by atoms with Gasteiger partial charge in [-0.25, -0.2) is 0 Å². The molecule has 1 amide bonds. The monoisotopic (exact) mass is 238 g/mol. The van der Waals surface area contributed by atoms with E-state index >= 15 is 0 Å². The van der Waals surface area contributed by atoms with Crippen LogP contribution in [0.4, 0.5) is 0 Å². The molecule has 1 N–H and O–H groups in total. The number of amides is 1. The topological polar surface area (TPSA) is 32.3 Å². The van der Waals surface area contributed by atoms with Crippen molar-refractivity contribution in [2.24, 2.45) is 0 Å². The Morgan fingerprint density at radius 2 is 1.94 bits per heavy atom. The number of carbonyl (C=O) groups excluding carboxylic acids is 1. The number of carbonyl (C=O) groups is 1. The van der Waals surface area contributed by atoms with Gasteiger partial charge in [0.05, 0.1) is 6.54 Å². The molecule has 0 saturated carbocycles. The second kappa shape index (κ2) is 9.23. The van der Waals surface area contributed by atoms with Crippen molar-refractivity contribution in [3.63, 3.8) is 0 Å². The highest BCUT2D eigenvalue weighted by atomic mass is 16.2. The molecule has 0 aliphatic carbocycles. The van der Waals surface area contributed by atoms with Crippen molar-refractivity contribution in [1.82, 2.24) is 10.2 Å². The number of rotatable bonds is 8. The lowest BCUT2D eigenvalue weighted by Crippen LogP contribution is -2.41. The number of hydrogen-bond donors (Lipinski definition) is 1. The fraction of sp³-hybridized carbons (Fsp3) is 0.786. The first kappa shape index (κ1) is 14.2. The highest BCUT2D eigenvalue weighted by Crippen LogP contribution is 2.08. The number of allylic oxidation sites excluding steroid dienone is 1. The van der Waals surface area contributed by atoms with Gasteiger partial charge in [0.2, 0.25) is 5.91 Å². The van der Waals surface area contributed by atoms with E-state index < -0.39 is 0 Å². The first-order chi connectivity index (χ1) is 8.34. The van der Waals surface area contributed by atoms with E-state index in [9.17, 15) is 4.79 Å². The van der Waals surface area contributed by atoms with Crippen molar-refractivity contribution < 1.29 is 4.79 Å². The predicted octanol–water partition coefficient (Wildman–Crippen LogP) is 2.33. The van der Waals surface area contributed by atoms with Gasteiger partial charge in [-0.3, -0.25) is 4.79 Å². The summed E-state index contributed by atoms with van der Waals surface area (Å²) in [6, 6.07) is 0. The third-order valence-electron chi connectivity index (χ3n) is 3.25. The van der Waals surface area contributed by atoms with Crippen molar-refractivity contribution in [3.8, 4) is 0 Å². The standard InChI is InChI=1S/C14H26N2O/c1-2-3-4-5-7-10-15-13-14(17)16-11-8-6-9-12-16/h2,15H,1,3-13H2. The van der Waals surface area contributed by atoms with Gasteiger partial charge in [0, 0.05) is 13.1 Å². The van der Waals surface area contributed by atoms with Gasteiger partial charge in [-0.2, -0.15) is 0 Å². The molecule has 0 aromatic rings. The second-order valence-corrected chi connectivity index (χ2v) is 4.76. The quantitative estimate of drug-likeness (QED) is 0.520. The molecule has 0 spiro atoms. The zero-order valence-electron chi connectivity index (χ0n) is 10.9. The number of hydrogen-bond acceptors (Lipinski definition) is 2. The minimum atomic E-state index is 0.274. The molecule has 0 aromatic carbocycles. The zero-order valence-corrected chi connectivity index (χ0v) is 10.9. The maximum atomic E-state index is 11.8. The lowest BCUT2D eigenvalue weighted by Gasteiger charge is -2.26. The Labute approximate surface area is 105 Å². The summed E-state index contributed by atoms with van der Waals surface area (Å²) in [4.78, 5) is 13.8. The smallest absolute Gasteiger partial charge is 0.236 e. The van der Waals surface area contributed by atoms with E-state index in [0.717, 1.165) is 32.5 Å². The van der Waals surface area contributed by atoms with E-state index in [1.54, 1.807) is 0 Å². The Bertz CT molecular complexity index is 222. The van der Waals surface area contributed by atoms with Gasteiger partial charge in [0.1, 0.15) is 0 Å². The Hall–Kier alpha value is -0.830. The zero-order chi connectivity index (χ0) is 12.3. The van der Waals surface area contributed by atoms with E-state index in [1.807, 2.05) is 11.0 Å². The first-order valence-corrected chi connectivity index (χ1v) is 6.94. The van der Waals surface area contributed by atoms with Crippen LogP contribution < -0.4 is 5.32 Å². The Balaban J connectivity index is 1.94. The Kier molecular flexibility index (Phi) is 7.72. The third-order valence-corrected chi connectivity index (χ3v) is 3.25. The average molecular weight is 238 g/mol. The van der Waals surface area contributed by atoms with Gasteiger partial charge < -0.3 is 10.2 Å². The Morgan fingerprint density at radius 3 is 2.65 bits per heavy atom. The summed E-state index contributed by atoms with van der Waals surface area (Å²) in [5.41, 5.74) is 0. The predicted molar refractivity (Wildman–Crippen MR) is 72.0 cm³/mol. The van der Waals surface area contributed by atoms with Crippen LogP contribution in [0.25, 0.3) is 0 Å². The molecular weight excluding hydrogens is 212 g/mol. The molecule has 17 heavy (non-hydrogen) atoms. The second-order valence-electron chi connectivity index (χ2n) is 4.76. The van der Waals surface area contributed by atoms with Gasteiger partial charge in [-0.1, -0.05) is 12.5 Å². The van der Waals surface area contributed by atoms with Crippen molar-refractivity contribution in [1.29, 1.82) is 0 Å². The van der Waals surface area contributed by atoms with Crippen LogP contribution in [0.3, 0.4) is 0 Å². The van der Waals surface area contributed by atoms with Crippen LogP contribution in [0.2, 0.25) is 0 Å². The molecule has 1 saturated heterocycles. The van der Waals surface area contributed by atoms with Gasteiger partial charge in [0.15, 0.2) is 0 Å². The number of unbranched alkanes of at least 4 members (excludes halogenated alkanes) is 3. The summed E-state index contributed by atoms with van der Waals surface area (Å²) in [7, 11) is 0. The molecule has 1 aliphatic heterocycles. The van der Waals surface area contributed by atoms with Gasteiger partial charge >= 0.3 is 0 Å². The molecule has 0 radical (unpaired) electrons. The molecule has 98 valence electrons. The summed E-state index contributed by atoms with van der Waals surface area (Å²) >= 11 is 0. The number of likely N-dealkylation sites (tertiary alicyclic amines) is 1. The van der Waals surface area contributed by atoms with Crippen LogP contribution in [0.1, 0.15) is 44.9 Å². The van der Waals surface area contributed by atoms with Gasteiger partial charge in [0.25, 0.3) is 0 Å². The molecular formula is C14H26N2O. The van der Waals surface area contributed by atoms with Crippen LogP contribution in [0.5, 0.6) is 0 Å². The number of nitrogens with one attached hydrogen (secondary N) is 1. The van der Waals surface area contributed by atoms with Gasteiger partial charge in [-0.05, 0) is 45.1 Å². The van der Waals surface area contributed by atoms with E-state index in [1.165, 1.54) is 32.1 Å². The van der Waals surface area contributed by atoms with E-state index in [0.29, 0.717) is 6.54 Å². The molecule has 0 bridgehead atoms. The summed E-state index contributed by atoms with van der Waals surface area (Å²) in [5, 5.41) is 3.24. The van der Waals surface area contributed by atoms with Crippen molar-refractivity contribution in [2.45, 2.75) is 44.9 Å². The van der Waals surface area contributed by atoms with Crippen LogP contribution in [-0.2, 0) is 4.79 Å². The number of nitrogens with zero attached hydrogens (tertiary/aromatic N) is 1. The van der Waals surface area contributed by atoms with Crippen molar-refractivity contribution in [3.05, 3.63) is 12.7 Å². The minimum Gasteiger partial charge on any atom is -0.342 e. The molecule has 3 nitrogen and oxygen atoms in total. The summed E-state index contributed by atoms with van der Waals surface area (Å²) in [6.45, 7) is 7.09. The average Bonchev–Trinajstić information content (AvgIpc) is 2.38. The third kappa shape index (κ3) is 6.47. The molecule has 1 aliphatic rings. The highest BCUT2D eigenvalue weighted by molar-refractivity contribution is 5.78. The fourth-order valence-corrected chi connectivity index (χ4v) is 2.17. The van der Waals surface area contributed by atoms with E-state index in [2.05, 4.69) is 11.9 Å². The Morgan fingerprint density at radius 1 is 1.18 bits per heavy atom. The van der Waals surface area contributed by atoms with E-state index in [-0.39, 0.29) is 5.91 Å². The largest absolute Gasteiger partial charge is 0.342 e. The number of piperidine rings is 1. The molecule has 0 aromatic heterocycles. The molecule has 0 atom stereocenters. The summed E-state index contributed by atoms with van der Waals surface area (Å²) in [5.74, 6) is 0.274. The van der Waals surface area contributed by atoms with Crippen LogP contribution in [-0.4, -0.2) is 37.0 Å². The van der Waals surface area contributed by atoms with Crippen LogP contribution in [0, 0.1) is 0 Å². The van der Waals surface area contributed by atoms with E-state index in [4.69, 9.17) is 0 Å². The minimum absolute atomic E-state index is 0.274. The molecule has 3 heteroatoms. The van der Waals surface area contributed by atoms with Crippen LogP contribution in [0.15, 0.2) is 12.7 Å². The maximum absolute atomic E-state index is 11.8. The lowest BCUT2D eigenvalue weighted by atomic mass is 10.1. The summed E-state index contributed by atoms with van der Waals surface area (Å²) < 4.78 is 0. The molecule has 1 rings (SSSR count). The molecule has 1 fully saturated rings.